The van der Waals surface area contributed by atoms with E-state index in [9.17, 15) is 9.18 Å². The van der Waals surface area contributed by atoms with Crippen LogP contribution in [0.1, 0.15) is 10.4 Å². The lowest BCUT2D eigenvalue weighted by Crippen LogP contribution is -2.49. The number of halogens is 2. The zero-order valence-electron chi connectivity index (χ0n) is 12.7. The van der Waals surface area contributed by atoms with E-state index in [1.54, 1.807) is 23.5 Å². The van der Waals surface area contributed by atoms with E-state index in [1.807, 2.05) is 10.8 Å². The molecule has 1 aromatic heterocycles. The van der Waals surface area contributed by atoms with Gasteiger partial charge in [-0.1, -0.05) is 17.7 Å². The summed E-state index contributed by atoms with van der Waals surface area (Å²) >= 11 is 5.97. The van der Waals surface area contributed by atoms with E-state index in [4.69, 9.17) is 11.6 Å². The Balaban J connectivity index is 1.55. The SMILES string of the molecule is O=C(c1c(F)cccc1Cl)N1CCN(CCn2ccnc2)CC1. The Morgan fingerprint density at radius 3 is 2.65 bits per heavy atom. The topological polar surface area (TPSA) is 41.4 Å². The molecule has 5 nitrogen and oxygen atoms in total. The number of benzene rings is 1. The molecule has 1 amide bonds. The minimum Gasteiger partial charge on any atom is -0.336 e. The summed E-state index contributed by atoms with van der Waals surface area (Å²) in [7, 11) is 0. The molecule has 2 heterocycles. The Morgan fingerprint density at radius 2 is 2.00 bits per heavy atom. The van der Waals surface area contributed by atoms with Crippen molar-refractivity contribution < 1.29 is 9.18 Å². The summed E-state index contributed by atoms with van der Waals surface area (Å²) < 4.78 is 15.9. The summed E-state index contributed by atoms with van der Waals surface area (Å²) in [4.78, 5) is 20.4. The van der Waals surface area contributed by atoms with Gasteiger partial charge in [0.1, 0.15) is 5.82 Å². The van der Waals surface area contributed by atoms with Crippen LogP contribution in [-0.2, 0) is 6.54 Å². The molecule has 1 saturated heterocycles. The molecule has 1 aliphatic rings. The average molecular weight is 337 g/mol. The summed E-state index contributed by atoms with van der Waals surface area (Å²) in [6.07, 6.45) is 5.48. The van der Waals surface area contributed by atoms with Crippen LogP contribution in [0.15, 0.2) is 36.9 Å². The monoisotopic (exact) mass is 336 g/mol. The van der Waals surface area contributed by atoms with Crippen molar-refractivity contribution in [1.82, 2.24) is 19.4 Å². The van der Waals surface area contributed by atoms with E-state index in [1.165, 1.54) is 12.1 Å². The molecule has 122 valence electrons. The van der Waals surface area contributed by atoms with Gasteiger partial charge in [0.2, 0.25) is 0 Å². The van der Waals surface area contributed by atoms with E-state index in [0.29, 0.717) is 13.1 Å². The molecule has 0 aliphatic carbocycles. The maximum atomic E-state index is 13.9. The molecule has 0 unspecified atom stereocenters. The first-order chi connectivity index (χ1) is 11.1. The Morgan fingerprint density at radius 1 is 1.22 bits per heavy atom. The van der Waals surface area contributed by atoms with E-state index in [0.717, 1.165) is 26.2 Å². The maximum absolute atomic E-state index is 13.9. The number of imidazole rings is 1. The Labute approximate surface area is 139 Å². The first-order valence-corrected chi connectivity index (χ1v) is 7.94. The minimum atomic E-state index is -0.565. The van der Waals surface area contributed by atoms with Crippen LogP contribution < -0.4 is 0 Å². The number of rotatable bonds is 4. The third-order valence-corrected chi connectivity index (χ3v) is 4.38. The molecule has 0 bridgehead atoms. The molecule has 0 saturated carbocycles. The van der Waals surface area contributed by atoms with Crippen LogP contribution in [0.2, 0.25) is 5.02 Å². The van der Waals surface area contributed by atoms with Gasteiger partial charge in [-0.05, 0) is 12.1 Å². The third-order valence-electron chi connectivity index (χ3n) is 4.07. The quantitative estimate of drug-likeness (QED) is 0.859. The second kappa shape index (κ2) is 7.10. The number of carbonyl (C=O) groups is 1. The highest BCUT2D eigenvalue weighted by Gasteiger charge is 2.25. The van der Waals surface area contributed by atoms with Crippen molar-refractivity contribution >= 4 is 17.5 Å². The van der Waals surface area contributed by atoms with Crippen molar-refractivity contribution in [3.63, 3.8) is 0 Å². The highest BCUT2D eigenvalue weighted by Crippen LogP contribution is 2.21. The molecule has 0 spiro atoms. The fraction of sp³-hybridized carbons (Fsp3) is 0.375. The lowest BCUT2D eigenvalue weighted by molar-refractivity contribution is 0.0629. The summed E-state index contributed by atoms with van der Waals surface area (Å²) in [6.45, 7) is 4.46. The van der Waals surface area contributed by atoms with Crippen molar-refractivity contribution in [1.29, 1.82) is 0 Å². The van der Waals surface area contributed by atoms with Gasteiger partial charge in [-0.2, -0.15) is 0 Å². The van der Waals surface area contributed by atoms with Crippen LogP contribution in [0.4, 0.5) is 4.39 Å². The predicted molar refractivity (Wildman–Crippen MR) is 86.0 cm³/mol. The molecular formula is C16H18ClFN4O. The lowest BCUT2D eigenvalue weighted by atomic mass is 10.1. The van der Waals surface area contributed by atoms with Crippen LogP contribution in [0.3, 0.4) is 0 Å². The summed E-state index contributed by atoms with van der Waals surface area (Å²) in [5, 5.41) is 0.164. The van der Waals surface area contributed by atoms with Crippen LogP contribution in [-0.4, -0.2) is 58.0 Å². The van der Waals surface area contributed by atoms with E-state index < -0.39 is 5.82 Å². The molecule has 0 atom stereocenters. The third kappa shape index (κ3) is 3.71. The van der Waals surface area contributed by atoms with Crippen molar-refractivity contribution in [2.75, 3.05) is 32.7 Å². The molecule has 1 fully saturated rings. The molecule has 0 N–H and O–H groups in total. The van der Waals surface area contributed by atoms with Gasteiger partial charge in [-0.25, -0.2) is 9.37 Å². The predicted octanol–water partition coefficient (Wildman–Crippen LogP) is 2.13. The Hall–Kier alpha value is -1.92. The highest BCUT2D eigenvalue weighted by atomic mass is 35.5. The van der Waals surface area contributed by atoms with Gasteiger partial charge in [0.05, 0.1) is 16.9 Å². The Kier molecular flexibility index (Phi) is 4.93. The van der Waals surface area contributed by atoms with Crippen LogP contribution >= 0.6 is 11.6 Å². The molecule has 2 aromatic rings. The van der Waals surface area contributed by atoms with Gasteiger partial charge in [0, 0.05) is 51.7 Å². The zero-order chi connectivity index (χ0) is 16.2. The second-order valence-corrected chi connectivity index (χ2v) is 5.94. The van der Waals surface area contributed by atoms with Crippen molar-refractivity contribution in [2.45, 2.75) is 6.54 Å². The van der Waals surface area contributed by atoms with Crippen molar-refractivity contribution in [3.8, 4) is 0 Å². The second-order valence-electron chi connectivity index (χ2n) is 5.53. The Bertz CT molecular complexity index is 648. The van der Waals surface area contributed by atoms with Crippen molar-refractivity contribution in [3.05, 3.63) is 53.3 Å². The number of aromatic nitrogens is 2. The number of nitrogens with zero attached hydrogens (tertiary/aromatic N) is 4. The summed E-state index contributed by atoms with van der Waals surface area (Å²) in [5.41, 5.74) is -0.0268. The van der Waals surface area contributed by atoms with E-state index in [2.05, 4.69) is 9.88 Å². The maximum Gasteiger partial charge on any atom is 0.258 e. The van der Waals surface area contributed by atoms with Crippen LogP contribution in [0.5, 0.6) is 0 Å². The van der Waals surface area contributed by atoms with Gasteiger partial charge >= 0.3 is 0 Å². The molecule has 7 heteroatoms. The highest BCUT2D eigenvalue weighted by molar-refractivity contribution is 6.33. The van der Waals surface area contributed by atoms with E-state index >= 15 is 0 Å². The first kappa shape index (κ1) is 16.0. The number of hydrogen-bond acceptors (Lipinski definition) is 3. The van der Waals surface area contributed by atoms with E-state index in [-0.39, 0.29) is 16.5 Å². The average Bonchev–Trinajstić information content (AvgIpc) is 3.06. The standard InChI is InChI=1S/C16H18ClFN4O/c17-13-2-1-3-14(18)15(13)16(23)22-10-8-20(9-11-22)6-7-21-5-4-19-12-21/h1-5,12H,6-11H2. The summed E-state index contributed by atoms with van der Waals surface area (Å²) in [5.74, 6) is -0.896. The lowest BCUT2D eigenvalue weighted by Gasteiger charge is -2.35. The molecule has 1 aromatic carbocycles. The number of hydrogen-bond donors (Lipinski definition) is 0. The molecule has 3 rings (SSSR count). The fourth-order valence-corrected chi connectivity index (χ4v) is 2.95. The first-order valence-electron chi connectivity index (χ1n) is 7.56. The summed E-state index contributed by atoms with van der Waals surface area (Å²) in [6, 6.07) is 4.31. The fourth-order valence-electron chi connectivity index (χ4n) is 2.71. The van der Waals surface area contributed by atoms with Gasteiger partial charge in [0.25, 0.3) is 5.91 Å². The van der Waals surface area contributed by atoms with Crippen molar-refractivity contribution in [2.24, 2.45) is 0 Å². The van der Waals surface area contributed by atoms with Crippen LogP contribution in [0.25, 0.3) is 0 Å². The zero-order valence-corrected chi connectivity index (χ0v) is 13.4. The molecule has 0 radical (unpaired) electrons. The van der Waals surface area contributed by atoms with Gasteiger partial charge in [0.15, 0.2) is 0 Å². The normalized spacial score (nSPS) is 15.8. The smallest absolute Gasteiger partial charge is 0.258 e. The van der Waals surface area contributed by atoms with Gasteiger partial charge in [-0.15, -0.1) is 0 Å². The number of carbonyl (C=O) groups excluding carboxylic acids is 1. The largest absolute Gasteiger partial charge is 0.336 e. The van der Waals surface area contributed by atoms with Crippen LogP contribution in [0, 0.1) is 5.82 Å². The van der Waals surface area contributed by atoms with Gasteiger partial charge < -0.3 is 9.47 Å². The molecule has 1 aliphatic heterocycles. The number of piperazine rings is 1. The number of amides is 1. The molecule has 23 heavy (non-hydrogen) atoms. The molecular weight excluding hydrogens is 319 g/mol. The minimum absolute atomic E-state index is 0.0268. The van der Waals surface area contributed by atoms with Gasteiger partial charge in [-0.3, -0.25) is 9.69 Å².